The van der Waals surface area contributed by atoms with Crippen molar-refractivity contribution in [1.82, 2.24) is 0 Å². The molecule has 2 aliphatic rings. The highest BCUT2D eigenvalue weighted by atomic mass is 28.3. The summed E-state index contributed by atoms with van der Waals surface area (Å²) >= 11 is 0. The van der Waals surface area contributed by atoms with Gasteiger partial charge in [0, 0.05) is 17.9 Å². The molecule has 0 heterocycles. The van der Waals surface area contributed by atoms with Gasteiger partial charge in [0.1, 0.15) is 0 Å². The molecular weight excluding hydrogens is 483 g/mol. The summed E-state index contributed by atoms with van der Waals surface area (Å²) in [5.41, 5.74) is 3.77. The summed E-state index contributed by atoms with van der Waals surface area (Å²) in [6.07, 6.45) is 12.5. The molecule has 0 aromatic carbocycles. The van der Waals surface area contributed by atoms with Crippen molar-refractivity contribution >= 4 is 8.07 Å². The van der Waals surface area contributed by atoms with E-state index in [0.717, 1.165) is 63.0 Å². The van der Waals surface area contributed by atoms with Crippen LogP contribution in [-0.4, -0.2) is 19.3 Å². The Morgan fingerprint density at radius 3 is 2.39 bits per heavy atom. The van der Waals surface area contributed by atoms with Crippen molar-refractivity contribution in [2.75, 3.05) is 0 Å². The van der Waals surface area contributed by atoms with Gasteiger partial charge in [0.25, 0.3) is 0 Å². The van der Waals surface area contributed by atoms with Crippen LogP contribution in [0.4, 0.5) is 4.39 Å². The second-order valence-electron chi connectivity index (χ2n) is 15.5. The molecule has 0 aliphatic heterocycles. The number of allylic oxidation sites excluding steroid dienone is 5. The number of hydrogen-bond donors (Lipinski definition) is 1. The van der Waals surface area contributed by atoms with Crippen molar-refractivity contribution in [2.45, 2.75) is 145 Å². The minimum Gasteiger partial charge on any atom is -0.392 e. The van der Waals surface area contributed by atoms with Gasteiger partial charge >= 0.3 is 0 Å². The summed E-state index contributed by atoms with van der Waals surface area (Å²) in [6.45, 7) is 25.0. The molecule has 3 heteroatoms. The van der Waals surface area contributed by atoms with Crippen LogP contribution in [0.3, 0.4) is 0 Å². The summed E-state index contributed by atoms with van der Waals surface area (Å²) in [5.74, 6) is 7.91. The Labute approximate surface area is 236 Å². The average Bonchev–Trinajstić information content (AvgIpc) is 2.81. The van der Waals surface area contributed by atoms with E-state index < -0.39 is 8.07 Å². The highest BCUT2D eigenvalue weighted by molar-refractivity contribution is 6.76. The first-order valence-electron chi connectivity index (χ1n) is 15.2. The maximum atomic E-state index is 15.4. The average molecular weight is 543 g/mol. The summed E-state index contributed by atoms with van der Waals surface area (Å²) < 4.78 is 15.4. The third kappa shape index (κ3) is 8.95. The lowest BCUT2D eigenvalue weighted by atomic mass is 9.51. The van der Waals surface area contributed by atoms with Crippen LogP contribution < -0.4 is 0 Å². The first-order valence-corrected chi connectivity index (χ1v) is 18.9. The van der Waals surface area contributed by atoms with Gasteiger partial charge in [-0.05, 0) is 93.5 Å². The molecule has 4 atom stereocenters. The third-order valence-corrected chi connectivity index (χ3v) is 11.1. The molecule has 1 fully saturated rings. The Morgan fingerprint density at radius 1 is 1.11 bits per heavy atom. The molecule has 0 saturated heterocycles. The van der Waals surface area contributed by atoms with Crippen LogP contribution in [0.25, 0.3) is 0 Å². The predicted molar refractivity (Wildman–Crippen MR) is 167 cm³/mol. The van der Waals surface area contributed by atoms with Crippen molar-refractivity contribution in [3.8, 4) is 11.8 Å². The van der Waals surface area contributed by atoms with Crippen LogP contribution in [0.5, 0.6) is 0 Å². The van der Waals surface area contributed by atoms with Crippen LogP contribution >= 0.6 is 0 Å². The fraction of sp³-hybridized carbons (Fsp3) is 0.771. The summed E-state index contributed by atoms with van der Waals surface area (Å²) in [6, 6.07) is 1.08. The lowest BCUT2D eigenvalue weighted by molar-refractivity contribution is -0.0145. The molecule has 0 aromatic rings. The standard InChI is InChI=1S/C35H59FOSi/c1-26(20-23-33(4,5)22-12-13-25-38(9,10)11)14-15-27(2)31(36)21-24-35(8)28(3)16-17-29-30(35)18-19-32(37)34(29,6)7/h17,20,28,30,32,37H,14-16,18-19,21-25H2,1-11H3/b26-20-,31-27-/t28-,30+,32-,35+/m0/s1. The molecule has 0 spiro atoms. The Balaban J connectivity index is 1.93. The van der Waals surface area contributed by atoms with E-state index in [9.17, 15) is 5.11 Å². The van der Waals surface area contributed by atoms with Gasteiger partial charge in [0.2, 0.25) is 0 Å². The summed E-state index contributed by atoms with van der Waals surface area (Å²) in [7, 11) is -1.09. The van der Waals surface area contributed by atoms with Crippen molar-refractivity contribution in [2.24, 2.45) is 28.1 Å². The van der Waals surface area contributed by atoms with E-state index >= 15 is 4.39 Å². The largest absolute Gasteiger partial charge is 0.392 e. The molecule has 0 bridgehead atoms. The van der Waals surface area contributed by atoms with Crippen LogP contribution in [0.15, 0.2) is 34.7 Å². The number of halogens is 1. The quantitative estimate of drug-likeness (QED) is 0.165. The van der Waals surface area contributed by atoms with Gasteiger partial charge in [-0.15, -0.1) is 11.8 Å². The summed E-state index contributed by atoms with van der Waals surface area (Å²) in [5, 5.41) is 10.6. The van der Waals surface area contributed by atoms with Gasteiger partial charge in [-0.25, -0.2) is 4.39 Å². The Kier molecular flexibility index (Phi) is 11.4. The minimum absolute atomic E-state index is 0.0818. The molecule has 2 rings (SSSR count). The molecule has 1 nitrogen and oxygen atoms in total. The van der Waals surface area contributed by atoms with E-state index in [1.807, 2.05) is 6.92 Å². The molecule has 216 valence electrons. The van der Waals surface area contributed by atoms with Gasteiger partial charge in [-0.1, -0.05) is 84.5 Å². The molecule has 0 aromatic heterocycles. The monoisotopic (exact) mass is 542 g/mol. The maximum absolute atomic E-state index is 15.4. The van der Waals surface area contributed by atoms with Gasteiger partial charge in [-0.2, -0.15) is 0 Å². The number of rotatable bonds is 10. The van der Waals surface area contributed by atoms with Gasteiger partial charge < -0.3 is 5.11 Å². The smallest absolute Gasteiger partial charge is 0.0989 e. The molecule has 0 unspecified atom stereocenters. The topological polar surface area (TPSA) is 20.2 Å². The lowest BCUT2D eigenvalue weighted by Gasteiger charge is -2.54. The highest BCUT2D eigenvalue weighted by Crippen LogP contribution is 2.58. The molecule has 38 heavy (non-hydrogen) atoms. The van der Waals surface area contributed by atoms with Gasteiger partial charge in [0.05, 0.1) is 20.0 Å². The lowest BCUT2D eigenvalue weighted by Crippen LogP contribution is -2.48. The minimum atomic E-state index is -1.09. The fourth-order valence-electron chi connectivity index (χ4n) is 6.28. The molecule has 0 radical (unpaired) electrons. The SMILES string of the molecule is C/C(=C/CC(C)(C)CC#CC[Si](C)(C)C)CC/C(C)=C(\F)CC[C@@]1(C)[C@@H]2CC[C@H](O)C(C)(C)C2=CC[C@@H]1C. The molecule has 0 amide bonds. The zero-order valence-electron chi connectivity index (χ0n) is 26.8. The number of aliphatic hydroxyl groups is 1. The van der Waals surface area contributed by atoms with E-state index in [1.54, 1.807) is 0 Å². The van der Waals surface area contributed by atoms with Crippen LogP contribution in [0, 0.1) is 39.9 Å². The van der Waals surface area contributed by atoms with Crippen LogP contribution in [0.1, 0.15) is 113 Å². The molecule has 1 N–H and O–H groups in total. The molecule has 1 saturated carbocycles. The Hall–Kier alpha value is -1.11. The molecular formula is C35H59FOSi. The number of hydrogen-bond acceptors (Lipinski definition) is 1. The molecule has 2 aliphatic carbocycles. The highest BCUT2D eigenvalue weighted by Gasteiger charge is 2.50. The van der Waals surface area contributed by atoms with Gasteiger partial charge in [-0.3, -0.25) is 0 Å². The van der Waals surface area contributed by atoms with Crippen molar-refractivity contribution in [1.29, 1.82) is 0 Å². The van der Waals surface area contributed by atoms with E-state index in [0.29, 0.717) is 18.3 Å². The van der Waals surface area contributed by atoms with Crippen molar-refractivity contribution in [3.63, 3.8) is 0 Å². The van der Waals surface area contributed by atoms with Crippen molar-refractivity contribution < 1.29 is 9.50 Å². The second kappa shape index (κ2) is 13.0. The fourth-order valence-corrected chi connectivity index (χ4v) is 6.93. The third-order valence-electron chi connectivity index (χ3n) is 9.85. The first kappa shape index (κ1) is 33.1. The van der Waals surface area contributed by atoms with Crippen LogP contribution in [0.2, 0.25) is 25.7 Å². The van der Waals surface area contributed by atoms with Crippen LogP contribution in [-0.2, 0) is 0 Å². The van der Waals surface area contributed by atoms with Crippen molar-refractivity contribution in [3.05, 3.63) is 34.7 Å². The number of aliphatic hydroxyl groups excluding tert-OH is 1. The van der Waals surface area contributed by atoms with E-state index in [-0.39, 0.29) is 28.2 Å². The van der Waals surface area contributed by atoms with E-state index in [4.69, 9.17) is 0 Å². The number of fused-ring (bicyclic) bond motifs is 1. The maximum Gasteiger partial charge on any atom is 0.0989 e. The predicted octanol–water partition coefficient (Wildman–Crippen LogP) is 10.7. The zero-order chi connectivity index (χ0) is 28.9. The second-order valence-corrected chi connectivity index (χ2v) is 21.0. The Bertz CT molecular complexity index is 964. The van der Waals surface area contributed by atoms with Gasteiger partial charge in [0.15, 0.2) is 0 Å². The first-order chi connectivity index (χ1) is 17.4. The summed E-state index contributed by atoms with van der Waals surface area (Å²) in [4.78, 5) is 0. The normalized spacial score (nSPS) is 28.6. The zero-order valence-corrected chi connectivity index (χ0v) is 27.8. The Morgan fingerprint density at radius 2 is 1.76 bits per heavy atom. The van der Waals surface area contributed by atoms with E-state index in [2.05, 4.69) is 92.1 Å². The van der Waals surface area contributed by atoms with E-state index in [1.165, 1.54) is 11.1 Å².